The molecule has 0 unspecified atom stereocenters. The Hall–Kier alpha value is -1.42. The summed E-state index contributed by atoms with van der Waals surface area (Å²) in [5, 5.41) is 7.43. The normalized spacial score (nSPS) is 11.3. The number of nitrogens with zero attached hydrogens (tertiary/aromatic N) is 1. The maximum atomic E-state index is 13.6. The van der Waals surface area contributed by atoms with Gasteiger partial charge in [0.1, 0.15) is 11.7 Å². The van der Waals surface area contributed by atoms with E-state index in [2.05, 4.69) is 25.7 Å². The van der Waals surface area contributed by atoms with Crippen molar-refractivity contribution in [2.75, 3.05) is 13.1 Å². The molecule has 4 heteroatoms. The average Bonchev–Trinajstić information content (AvgIpc) is 2.42. The Kier molecular flexibility index (Phi) is 6.65. The van der Waals surface area contributed by atoms with Gasteiger partial charge in [-0.1, -0.05) is 33.6 Å². The molecule has 0 aliphatic rings. The second-order valence-corrected chi connectivity index (χ2v) is 5.27. The summed E-state index contributed by atoms with van der Waals surface area (Å²) in [4.78, 5) is 2.32. The molecule has 1 rings (SSSR count). The summed E-state index contributed by atoms with van der Waals surface area (Å²) in [6.07, 6.45) is 2.32. The summed E-state index contributed by atoms with van der Waals surface area (Å²) in [5.74, 6) is 0.260. The monoisotopic (exact) mass is 279 g/mol. The first-order chi connectivity index (χ1) is 9.49. The molecule has 1 aromatic carbocycles. The van der Waals surface area contributed by atoms with Crippen molar-refractivity contribution in [3.63, 3.8) is 0 Å². The first-order valence-electron chi connectivity index (χ1n) is 7.36. The van der Waals surface area contributed by atoms with E-state index in [9.17, 15) is 4.39 Å². The van der Waals surface area contributed by atoms with Crippen molar-refractivity contribution in [3.05, 3.63) is 35.1 Å². The summed E-state index contributed by atoms with van der Waals surface area (Å²) in [7, 11) is 0. The lowest BCUT2D eigenvalue weighted by Gasteiger charge is -2.25. The van der Waals surface area contributed by atoms with E-state index in [0.717, 1.165) is 31.5 Å². The molecule has 0 spiro atoms. The second-order valence-electron chi connectivity index (χ2n) is 5.27. The molecule has 0 amide bonds. The van der Waals surface area contributed by atoms with Gasteiger partial charge in [-0.3, -0.25) is 10.3 Å². The predicted octanol–water partition coefficient (Wildman–Crippen LogP) is 3.37. The Balaban J connectivity index is 2.81. The molecule has 0 aliphatic heterocycles. The van der Waals surface area contributed by atoms with Crippen LogP contribution in [0.3, 0.4) is 0 Å². The van der Waals surface area contributed by atoms with Gasteiger partial charge in [0.15, 0.2) is 0 Å². The van der Waals surface area contributed by atoms with Crippen molar-refractivity contribution < 1.29 is 4.39 Å². The fourth-order valence-corrected chi connectivity index (χ4v) is 2.37. The van der Waals surface area contributed by atoms with Gasteiger partial charge < -0.3 is 5.73 Å². The molecule has 0 aromatic heterocycles. The smallest absolute Gasteiger partial charge is 0.124 e. The van der Waals surface area contributed by atoms with Gasteiger partial charge in [-0.25, -0.2) is 4.39 Å². The molecular weight excluding hydrogens is 253 g/mol. The van der Waals surface area contributed by atoms with Crippen LogP contribution in [0, 0.1) is 17.1 Å². The molecule has 3 N–H and O–H groups in total. The Morgan fingerprint density at radius 2 is 1.90 bits per heavy atom. The summed E-state index contributed by atoms with van der Waals surface area (Å²) < 4.78 is 13.6. The Morgan fingerprint density at radius 3 is 2.40 bits per heavy atom. The molecule has 0 atom stereocenters. The zero-order valence-electron chi connectivity index (χ0n) is 12.7. The van der Waals surface area contributed by atoms with Gasteiger partial charge in [-0.05, 0) is 36.2 Å². The molecule has 0 bridgehead atoms. The third kappa shape index (κ3) is 4.93. The quantitative estimate of drug-likeness (QED) is 0.566. The van der Waals surface area contributed by atoms with Crippen LogP contribution < -0.4 is 5.73 Å². The SMILES string of the molecule is CCC(CC)CN(CC)Cc1cc(F)cc(C(=N)N)c1. The number of nitrogens with two attached hydrogens (primary N) is 1. The molecule has 0 saturated carbocycles. The van der Waals surface area contributed by atoms with Gasteiger partial charge in [-0.2, -0.15) is 0 Å². The molecule has 0 heterocycles. The van der Waals surface area contributed by atoms with Crippen LogP contribution in [-0.4, -0.2) is 23.8 Å². The fourth-order valence-electron chi connectivity index (χ4n) is 2.37. The maximum absolute atomic E-state index is 13.6. The molecule has 1 aromatic rings. The van der Waals surface area contributed by atoms with Gasteiger partial charge in [-0.15, -0.1) is 0 Å². The lowest BCUT2D eigenvalue weighted by Crippen LogP contribution is -2.29. The summed E-state index contributed by atoms with van der Waals surface area (Å²) in [5.41, 5.74) is 6.78. The van der Waals surface area contributed by atoms with Gasteiger partial charge in [0, 0.05) is 18.7 Å². The number of hydrogen-bond acceptors (Lipinski definition) is 2. The summed E-state index contributed by atoms with van der Waals surface area (Å²) in [6.45, 7) is 9.19. The van der Waals surface area contributed by atoms with Crippen LogP contribution in [0.5, 0.6) is 0 Å². The number of benzene rings is 1. The number of nitrogens with one attached hydrogen (secondary N) is 1. The molecule has 20 heavy (non-hydrogen) atoms. The standard InChI is InChI=1S/C16H26FN3/c1-4-12(5-2)10-20(6-3)11-13-7-14(16(18)19)9-15(17)8-13/h7-9,12H,4-6,10-11H2,1-3H3,(H3,18,19). The third-order valence-electron chi connectivity index (χ3n) is 3.79. The maximum Gasteiger partial charge on any atom is 0.124 e. The fraction of sp³-hybridized carbons (Fsp3) is 0.562. The van der Waals surface area contributed by atoms with Crippen molar-refractivity contribution in [3.8, 4) is 0 Å². The van der Waals surface area contributed by atoms with Crippen molar-refractivity contribution in [1.29, 1.82) is 5.41 Å². The largest absolute Gasteiger partial charge is 0.384 e. The minimum Gasteiger partial charge on any atom is -0.384 e. The average molecular weight is 279 g/mol. The van der Waals surface area contributed by atoms with Gasteiger partial charge >= 0.3 is 0 Å². The van der Waals surface area contributed by atoms with E-state index in [1.165, 1.54) is 12.1 Å². The molecule has 0 fully saturated rings. The first kappa shape index (κ1) is 16.6. The Bertz CT molecular complexity index is 441. The van der Waals surface area contributed by atoms with E-state index < -0.39 is 0 Å². The highest BCUT2D eigenvalue weighted by Gasteiger charge is 2.12. The van der Waals surface area contributed by atoms with E-state index in [-0.39, 0.29) is 11.7 Å². The van der Waals surface area contributed by atoms with Crippen LogP contribution in [0.25, 0.3) is 0 Å². The van der Waals surface area contributed by atoms with Crippen LogP contribution in [0.1, 0.15) is 44.7 Å². The van der Waals surface area contributed by atoms with E-state index in [4.69, 9.17) is 11.1 Å². The Morgan fingerprint density at radius 1 is 1.25 bits per heavy atom. The molecule has 112 valence electrons. The third-order valence-corrected chi connectivity index (χ3v) is 3.79. The molecule has 3 nitrogen and oxygen atoms in total. The second kappa shape index (κ2) is 8.00. The predicted molar refractivity (Wildman–Crippen MR) is 82.4 cm³/mol. The van der Waals surface area contributed by atoms with Crippen LogP contribution in [0.2, 0.25) is 0 Å². The Labute approximate surface area is 121 Å². The number of nitrogen functional groups attached to an aromatic ring is 1. The topological polar surface area (TPSA) is 53.1 Å². The molecule has 0 saturated heterocycles. The first-order valence-corrected chi connectivity index (χ1v) is 7.36. The van der Waals surface area contributed by atoms with Crippen LogP contribution in [0.15, 0.2) is 18.2 Å². The van der Waals surface area contributed by atoms with Gasteiger partial charge in [0.05, 0.1) is 0 Å². The minimum atomic E-state index is -0.328. The summed E-state index contributed by atoms with van der Waals surface area (Å²) in [6, 6.07) is 4.64. The van der Waals surface area contributed by atoms with Crippen LogP contribution >= 0.6 is 0 Å². The lowest BCUT2D eigenvalue weighted by molar-refractivity contribution is 0.226. The number of hydrogen-bond donors (Lipinski definition) is 2. The van der Waals surface area contributed by atoms with E-state index in [0.29, 0.717) is 18.0 Å². The van der Waals surface area contributed by atoms with Gasteiger partial charge in [0.25, 0.3) is 0 Å². The molecular formula is C16H26FN3. The number of amidine groups is 1. The van der Waals surface area contributed by atoms with Crippen molar-refractivity contribution in [1.82, 2.24) is 4.90 Å². The molecule has 0 radical (unpaired) electrons. The summed E-state index contributed by atoms with van der Waals surface area (Å²) >= 11 is 0. The van der Waals surface area contributed by atoms with E-state index in [1.807, 2.05) is 0 Å². The lowest BCUT2D eigenvalue weighted by atomic mass is 10.0. The van der Waals surface area contributed by atoms with Crippen molar-refractivity contribution >= 4 is 5.84 Å². The highest BCUT2D eigenvalue weighted by Crippen LogP contribution is 2.15. The van der Waals surface area contributed by atoms with Crippen molar-refractivity contribution in [2.24, 2.45) is 11.7 Å². The highest BCUT2D eigenvalue weighted by atomic mass is 19.1. The zero-order chi connectivity index (χ0) is 15.1. The number of rotatable bonds is 8. The molecule has 0 aliphatic carbocycles. The van der Waals surface area contributed by atoms with Gasteiger partial charge in [0.2, 0.25) is 0 Å². The zero-order valence-corrected chi connectivity index (χ0v) is 12.7. The van der Waals surface area contributed by atoms with E-state index in [1.54, 1.807) is 6.07 Å². The minimum absolute atomic E-state index is 0.0891. The highest BCUT2D eigenvalue weighted by molar-refractivity contribution is 5.95. The van der Waals surface area contributed by atoms with Crippen LogP contribution in [-0.2, 0) is 6.54 Å². The van der Waals surface area contributed by atoms with Crippen molar-refractivity contribution in [2.45, 2.75) is 40.2 Å². The van der Waals surface area contributed by atoms with Crippen LogP contribution in [0.4, 0.5) is 4.39 Å². The van der Waals surface area contributed by atoms with E-state index >= 15 is 0 Å². The number of halogens is 1.